The van der Waals surface area contributed by atoms with E-state index in [1.807, 2.05) is 46.7 Å². The van der Waals surface area contributed by atoms with Crippen LogP contribution in [0.3, 0.4) is 0 Å². The largest absolute Gasteiger partial charge is 0.345 e. The van der Waals surface area contributed by atoms with Crippen molar-refractivity contribution in [2.45, 2.75) is 46.7 Å². The van der Waals surface area contributed by atoms with E-state index in [9.17, 15) is 9.59 Å². The fraction of sp³-hybridized carbons (Fsp3) is 0.846. The summed E-state index contributed by atoms with van der Waals surface area (Å²) in [5.41, 5.74) is 0. The minimum atomic E-state index is -0.385. The highest BCUT2D eigenvalue weighted by atomic mass is 16.2. The van der Waals surface area contributed by atoms with Gasteiger partial charge in [0.05, 0.1) is 12.1 Å². The monoisotopic (exact) mass is 242 g/mol. The SMILES string of the molecule is CC(=O)C(NC(=O)C(C(C)C)N(C)C)C(C)C. The number of Topliss-reactive ketones (excluding diaryl/α,β-unsaturated/α-hetero) is 1. The molecule has 0 aliphatic rings. The summed E-state index contributed by atoms with van der Waals surface area (Å²) in [7, 11) is 3.75. The number of hydrogen-bond acceptors (Lipinski definition) is 3. The number of nitrogens with zero attached hydrogens (tertiary/aromatic N) is 1. The maximum atomic E-state index is 12.1. The van der Waals surface area contributed by atoms with E-state index in [0.29, 0.717) is 0 Å². The number of carbonyl (C=O) groups excluding carboxylic acids is 2. The smallest absolute Gasteiger partial charge is 0.238 e. The van der Waals surface area contributed by atoms with Crippen LogP contribution in [0, 0.1) is 11.8 Å². The van der Waals surface area contributed by atoms with Gasteiger partial charge in [-0.2, -0.15) is 0 Å². The van der Waals surface area contributed by atoms with Gasteiger partial charge in [-0.25, -0.2) is 0 Å². The van der Waals surface area contributed by atoms with E-state index in [4.69, 9.17) is 0 Å². The molecule has 0 aromatic heterocycles. The Morgan fingerprint density at radius 3 is 1.71 bits per heavy atom. The Labute approximate surface area is 105 Å². The first kappa shape index (κ1) is 16.1. The molecular weight excluding hydrogens is 216 g/mol. The van der Waals surface area contributed by atoms with E-state index >= 15 is 0 Å². The average molecular weight is 242 g/mol. The van der Waals surface area contributed by atoms with Crippen LogP contribution in [0.25, 0.3) is 0 Å². The quantitative estimate of drug-likeness (QED) is 0.764. The van der Waals surface area contributed by atoms with Crippen LogP contribution in [0.15, 0.2) is 0 Å². The molecule has 2 unspecified atom stereocenters. The Hall–Kier alpha value is -0.900. The van der Waals surface area contributed by atoms with E-state index in [-0.39, 0.29) is 35.6 Å². The molecule has 4 nitrogen and oxygen atoms in total. The highest BCUT2D eigenvalue weighted by Gasteiger charge is 2.28. The van der Waals surface area contributed by atoms with E-state index in [1.165, 1.54) is 6.92 Å². The van der Waals surface area contributed by atoms with Crippen LogP contribution in [0.2, 0.25) is 0 Å². The molecule has 0 fully saturated rings. The van der Waals surface area contributed by atoms with Crippen LogP contribution in [0.4, 0.5) is 0 Å². The van der Waals surface area contributed by atoms with Gasteiger partial charge in [0.15, 0.2) is 5.78 Å². The normalized spacial score (nSPS) is 15.2. The molecule has 0 aromatic rings. The van der Waals surface area contributed by atoms with Gasteiger partial charge in [0.25, 0.3) is 0 Å². The lowest BCUT2D eigenvalue weighted by Crippen LogP contribution is -2.52. The number of carbonyl (C=O) groups is 2. The molecule has 4 heteroatoms. The van der Waals surface area contributed by atoms with Gasteiger partial charge >= 0.3 is 0 Å². The van der Waals surface area contributed by atoms with Crippen molar-refractivity contribution in [2.75, 3.05) is 14.1 Å². The van der Waals surface area contributed by atoms with Gasteiger partial charge in [0.1, 0.15) is 0 Å². The molecule has 0 radical (unpaired) electrons. The minimum Gasteiger partial charge on any atom is -0.345 e. The topological polar surface area (TPSA) is 49.4 Å². The molecule has 0 aliphatic heterocycles. The van der Waals surface area contributed by atoms with Crippen LogP contribution < -0.4 is 5.32 Å². The Morgan fingerprint density at radius 1 is 1.00 bits per heavy atom. The van der Waals surface area contributed by atoms with Gasteiger partial charge in [0.2, 0.25) is 5.91 Å². The predicted molar refractivity (Wildman–Crippen MR) is 69.8 cm³/mol. The first-order valence-electron chi connectivity index (χ1n) is 6.15. The number of ketones is 1. The minimum absolute atomic E-state index is 0.00890. The zero-order valence-corrected chi connectivity index (χ0v) is 12.1. The number of amides is 1. The van der Waals surface area contributed by atoms with Crippen molar-refractivity contribution in [2.24, 2.45) is 11.8 Å². The predicted octanol–water partition coefficient (Wildman–Crippen LogP) is 1.30. The standard InChI is InChI=1S/C13H26N2O2/c1-8(2)11(10(5)16)14-13(17)12(9(3)4)15(6)7/h8-9,11-12H,1-7H3,(H,14,17). The summed E-state index contributed by atoms with van der Waals surface area (Å²) in [6.07, 6.45) is 0. The molecule has 0 saturated carbocycles. The van der Waals surface area contributed by atoms with Crippen molar-refractivity contribution in [1.29, 1.82) is 0 Å². The molecule has 0 rings (SSSR count). The number of rotatable bonds is 6. The molecule has 0 bridgehead atoms. The van der Waals surface area contributed by atoms with Gasteiger partial charge in [-0.3, -0.25) is 14.5 Å². The van der Waals surface area contributed by atoms with Crippen molar-refractivity contribution in [3.8, 4) is 0 Å². The zero-order chi connectivity index (χ0) is 13.7. The molecule has 0 aromatic carbocycles. The summed E-state index contributed by atoms with van der Waals surface area (Å²) in [4.78, 5) is 25.5. The summed E-state index contributed by atoms with van der Waals surface area (Å²) in [6.45, 7) is 9.40. The number of likely N-dealkylation sites (N-methyl/N-ethyl adjacent to an activating group) is 1. The van der Waals surface area contributed by atoms with E-state index in [0.717, 1.165) is 0 Å². The second-order valence-electron chi connectivity index (χ2n) is 5.49. The molecule has 2 atom stereocenters. The molecule has 0 saturated heterocycles. The molecule has 17 heavy (non-hydrogen) atoms. The average Bonchev–Trinajstić information content (AvgIpc) is 2.11. The van der Waals surface area contributed by atoms with Crippen molar-refractivity contribution >= 4 is 11.7 Å². The molecule has 0 aliphatic carbocycles. The molecule has 0 spiro atoms. The van der Waals surface area contributed by atoms with Crippen molar-refractivity contribution in [3.05, 3.63) is 0 Å². The third-order valence-electron chi connectivity index (χ3n) is 2.86. The Kier molecular flexibility index (Phi) is 6.39. The summed E-state index contributed by atoms with van der Waals surface area (Å²) in [5, 5.41) is 2.85. The molecule has 100 valence electrons. The summed E-state index contributed by atoms with van der Waals surface area (Å²) >= 11 is 0. The van der Waals surface area contributed by atoms with Crippen molar-refractivity contribution in [1.82, 2.24) is 10.2 Å². The lowest BCUT2D eigenvalue weighted by molar-refractivity contribution is -0.131. The Balaban J connectivity index is 4.75. The van der Waals surface area contributed by atoms with Crippen LogP contribution in [0.1, 0.15) is 34.6 Å². The first-order chi connectivity index (χ1) is 7.68. The zero-order valence-electron chi connectivity index (χ0n) is 12.1. The fourth-order valence-electron chi connectivity index (χ4n) is 2.11. The highest BCUT2D eigenvalue weighted by molar-refractivity contribution is 5.89. The lowest BCUT2D eigenvalue weighted by atomic mass is 9.98. The van der Waals surface area contributed by atoms with Crippen LogP contribution in [0.5, 0.6) is 0 Å². The van der Waals surface area contributed by atoms with E-state index in [2.05, 4.69) is 5.32 Å². The van der Waals surface area contributed by atoms with Crippen molar-refractivity contribution < 1.29 is 9.59 Å². The molecule has 0 heterocycles. The maximum Gasteiger partial charge on any atom is 0.238 e. The third kappa shape index (κ3) is 4.86. The second-order valence-corrected chi connectivity index (χ2v) is 5.49. The van der Waals surface area contributed by atoms with Crippen LogP contribution >= 0.6 is 0 Å². The molecular formula is C13H26N2O2. The van der Waals surface area contributed by atoms with Gasteiger partial charge in [0, 0.05) is 0 Å². The lowest BCUT2D eigenvalue weighted by Gasteiger charge is -2.29. The summed E-state index contributed by atoms with van der Waals surface area (Å²) in [5.74, 6) is 0.268. The number of nitrogens with one attached hydrogen (secondary N) is 1. The first-order valence-corrected chi connectivity index (χ1v) is 6.15. The number of hydrogen-bond donors (Lipinski definition) is 1. The van der Waals surface area contributed by atoms with E-state index < -0.39 is 0 Å². The van der Waals surface area contributed by atoms with E-state index in [1.54, 1.807) is 0 Å². The summed E-state index contributed by atoms with van der Waals surface area (Å²) in [6, 6.07) is -0.584. The van der Waals surface area contributed by atoms with Crippen LogP contribution in [-0.4, -0.2) is 42.8 Å². The van der Waals surface area contributed by atoms with Gasteiger partial charge in [-0.05, 0) is 32.9 Å². The van der Waals surface area contributed by atoms with Crippen molar-refractivity contribution in [3.63, 3.8) is 0 Å². The van der Waals surface area contributed by atoms with Gasteiger partial charge < -0.3 is 5.32 Å². The Bertz CT molecular complexity index is 265. The van der Waals surface area contributed by atoms with Gasteiger partial charge in [-0.1, -0.05) is 27.7 Å². The molecule has 1 amide bonds. The Morgan fingerprint density at radius 2 is 1.47 bits per heavy atom. The maximum absolute atomic E-state index is 12.1. The van der Waals surface area contributed by atoms with Gasteiger partial charge in [-0.15, -0.1) is 0 Å². The third-order valence-corrected chi connectivity index (χ3v) is 2.86. The van der Waals surface area contributed by atoms with Crippen LogP contribution in [-0.2, 0) is 9.59 Å². The summed E-state index contributed by atoms with van der Waals surface area (Å²) < 4.78 is 0. The highest BCUT2D eigenvalue weighted by Crippen LogP contribution is 2.10. The fourth-order valence-corrected chi connectivity index (χ4v) is 2.11. The second kappa shape index (κ2) is 6.74. The molecule has 1 N–H and O–H groups in total.